The summed E-state index contributed by atoms with van der Waals surface area (Å²) in [6, 6.07) is 0.0233. The molecule has 92 valence electrons. The SMILES string of the molecule is CN1CCNCC1C(=O)NCCC1CCC1. The minimum absolute atomic E-state index is 0.0233. The Hall–Kier alpha value is -0.610. The molecular weight excluding hydrogens is 202 g/mol. The third kappa shape index (κ3) is 2.95. The van der Waals surface area contributed by atoms with Crippen LogP contribution in [0.15, 0.2) is 0 Å². The molecule has 1 aliphatic heterocycles. The molecule has 4 nitrogen and oxygen atoms in total. The zero-order valence-electron chi connectivity index (χ0n) is 10.2. The van der Waals surface area contributed by atoms with Crippen LogP contribution in [0.5, 0.6) is 0 Å². The van der Waals surface area contributed by atoms with E-state index in [9.17, 15) is 4.79 Å². The summed E-state index contributed by atoms with van der Waals surface area (Å²) in [5, 5.41) is 6.33. The fraction of sp³-hybridized carbons (Fsp3) is 0.917. The first kappa shape index (κ1) is 11.9. The maximum atomic E-state index is 11.9. The highest BCUT2D eigenvalue weighted by Gasteiger charge is 2.25. The summed E-state index contributed by atoms with van der Waals surface area (Å²) < 4.78 is 0. The van der Waals surface area contributed by atoms with Crippen molar-refractivity contribution < 1.29 is 4.79 Å². The van der Waals surface area contributed by atoms with Gasteiger partial charge in [-0.15, -0.1) is 0 Å². The molecule has 2 rings (SSSR count). The Morgan fingerprint density at radius 3 is 2.94 bits per heavy atom. The van der Waals surface area contributed by atoms with Gasteiger partial charge < -0.3 is 10.6 Å². The van der Waals surface area contributed by atoms with Crippen molar-refractivity contribution in [3.8, 4) is 0 Å². The topological polar surface area (TPSA) is 44.4 Å². The number of carbonyl (C=O) groups excluding carboxylic acids is 1. The van der Waals surface area contributed by atoms with Crippen molar-refractivity contribution in [2.24, 2.45) is 5.92 Å². The third-order valence-corrected chi connectivity index (χ3v) is 3.89. The lowest BCUT2D eigenvalue weighted by Crippen LogP contribution is -2.56. The zero-order valence-corrected chi connectivity index (χ0v) is 10.2. The van der Waals surface area contributed by atoms with Crippen LogP contribution in [0.2, 0.25) is 0 Å². The number of nitrogens with one attached hydrogen (secondary N) is 2. The molecule has 2 fully saturated rings. The molecule has 0 aromatic carbocycles. The Bertz CT molecular complexity index is 240. The second-order valence-corrected chi connectivity index (χ2v) is 5.08. The second kappa shape index (κ2) is 5.64. The van der Waals surface area contributed by atoms with Crippen LogP contribution in [0.1, 0.15) is 25.7 Å². The smallest absolute Gasteiger partial charge is 0.238 e. The fourth-order valence-corrected chi connectivity index (χ4v) is 2.40. The van der Waals surface area contributed by atoms with Crippen molar-refractivity contribution >= 4 is 5.91 Å². The Labute approximate surface area is 97.8 Å². The molecule has 0 aromatic rings. The summed E-state index contributed by atoms with van der Waals surface area (Å²) in [6.07, 6.45) is 5.27. The standard InChI is InChI=1S/C12H23N3O/c1-15-8-7-13-9-11(15)12(16)14-6-5-10-3-2-4-10/h10-11,13H,2-9H2,1H3,(H,14,16). The lowest BCUT2D eigenvalue weighted by molar-refractivity contribution is -0.126. The molecular formula is C12H23N3O. The van der Waals surface area contributed by atoms with Crippen molar-refractivity contribution in [2.45, 2.75) is 31.7 Å². The molecule has 1 saturated carbocycles. The molecule has 4 heteroatoms. The van der Waals surface area contributed by atoms with Crippen molar-refractivity contribution in [1.82, 2.24) is 15.5 Å². The van der Waals surface area contributed by atoms with Crippen molar-refractivity contribution in [2.75, 3.05) is 33.2 Å². The van der Waals surface area contributed by atoms with E-state index in [1.165, 1.54) is 19.3 Å². The van der Waals surface area contributed by atoms with E-state index in [-0.39, 0.29) is 11.9 Å². The number of nitrogens with zero attached hydrogens (tertiary/aromatic N) is 1. The molecule has 1 saturated heterocycles. The highest BCUT2D eigenvalue weighted by molar-refractivity contribution is 5.82. The average Bonchev–Trinajstić information content (AvgIpc) is 2.22. The van der Waals surface area contributed by atoms with Gasteiger partial charge in [-0.1, -0.05) is 19.3 Å². The van der Waals surface area contributed by atoms with Gasteiger partial charge in [0.15, 0.2) is 0 Å². The lowest BCUT2D eigenvalue weighted by atomic mass is 9.83. The monoisotopic (exact) mass is 225 g/mol. The Kier molecular flexibility index (Phi) is 4.18. The average molecular weight is 225 g/mol. The molecule has 1 unspecified atom stereocenters. The van der Waals surface area contributed by atoms with Gasteiger partial charge in [-0.2, -0.15) is 0 Å². The predicted molar refractivity (Wildman–Crippen MR) is 64.3 cm³/mol. The quantitative estimate of drug-likeness (QED) is 0.718. The minimum Gasteiger partial charge on any atom is -0.355 e. The van der Waals surface area contributed by atoms with Crippen LogP contribution >= 0.6 is 0 Å². The van der Waals surface area contributed by atoms with Crippen LogP contribution in [-0.4, -0.2) is 50.1 Å². The van der Waals surface area contributed by atoms with Gasteiger partial charge in [-0.3, -0.25) is 9.69 Å². The van der Waals surface area contributed by atoms with Gasteiger partial charge >= 0.3 is 0 Å². The van der Waals surface area contributed by atoms with Crippen LogP contribution in [0.4, 0.5) is 0 Å². The van der Waals surface area contributed by atoms with Crippen molar-refractivity contribution in [3.05, 3.63) is 0 Å². The summed E-state index contributed by atoms with van der Waals surface area (Å²) in [4.78, 5) is 14.0. The molecule has 1 aliphatic carbocycles. The van der Waals surface area contributed by atoms with E-state index in [0.29, 0.717) is 0 Å². The molecule has 0 radical (unpaired) electrons. The Morgan fingerprint density at radius 2 is 2.31 bits per heavy atom. The van der Waals surface area contributed by atoms with E-state index >= 15 is 0 Å². The number of hydrogen-bond acceptors (Lipinski definition) is 3. The number of carbonyl (C=O) groups is 1. The maximum absolute atomic E-state index is 11.9. The second-order valence-electron chi connectivity index (χ2n) is 5.08. The highest BCUT2D eigenvalue weighted by Crippen LogP contribution is 2.28. The molecule has 16 heavy (non-hydrogen) atoms. The van der Waals surface area contributed by atoms with Crippen molar-refractivity contribution in [1.29, 1.82) is 0 Å². The summed E-state index contributed by atoms with van der Waals surface area (Å²) >= 11 is 0. The normalized spacial score (nSPS) is 27.4. The number of hydrogen-bond donors (Lipinski definition) is 2. The largest absolute Gasteiger partial charge is 0.355 e. The van der Waals surface area contributed by atoms with Crippen LogP contribution in [-0.2, 0) is 4.79 Å². The van der Waals surface area contributed by atoms with E-state index in [1.54, 1.807) is 0 Å². The first-order chi connectivity index (χ1) is 7.77. The predicted octanol–water partition coefficient (Wildman–Crippen LogP) is 0.196. The van der Waals surface area contributed by atoms with Gasteiger partial charge in [0.1, 0.15) is 6.04 Å². The van der Waals surface area contributed by atoms with Gasteiger partial charge in [-0.25, -0.2) is 0 Å². The molecule has 0 spiro atoms. The summed E-state index contributed by atoms with van der Waals surface area (Å²) in [6.45, 7) is 3.59. The van der Waals surface area contributed by atoms with Crippen LogP contribution in [0.3, 0.4) is 0 Å². The van der Waals surface area contributed by atoms with Crippen LogP contribution in [0.25, 0.3) is 0 Å². The Morgan fingerprint density at radius 1 is 1.50 bits per heavy atom. The molecule has 0 bridgehead atoms. The van der Waals surface area contributed by atoms with Gasteiger partial charge in [0.25, 0.3) is 0 Å². The number of amides is 1. The molecule has 1 heterocycles. The molecule has 2 aliphatic rings. The van der Waals surface area contributed by atoms with Gasteiger partial charge in [0, 0.05) is 26.2 Å². The van der Waals surface area contributed by atoms with E-state index < -0.39 is 0 Å². The molecule has 0 aromatic heterocycles. The maximum Gasteiger partial charge on any atom is 0.238 e. The van der Waals surface area contributed by atoms with E-state index in [4.69, 9.17) is 0 Å². The summed E-state index contributed by atoms with van der Waals surface area (Å²) in [5.41, 5.74) is 0. The first-order valence-corrected chi connectivity index (χ1v) is 6.46. The van der Waals surface area contributed by atoms with E-state index in [2.05, 4.69) is 15.5 Å². The van der Waals surface area contributed by atoms with Crippen LogP contribution < -0.4 is 10.6 Å². The zero-order chi connectivity index (χ0) is 11.4. The van der Waals surface area contributed by atoms with Crippen LogP contribution in [0, 0.1) is 5.92 Å². The summed E-state index contributed by atoms with van der Waals surface area (Å²) in [5.74, 6) is 1.07. The number of piperazine rings is 1. The van der Waals surface area contributed by atoms with E-state index in [1.807, 2.05) is 7.05 Å². The Balaban J connectivity index is 1.65. The van der Waals surface area contributed by atoms with E-state index in [0.717, 1.165) is 38.5 Å². The van der Waals surface area contributed by atoms with Crippen molar-refractivity contribution in [3.63, 3.8) is 0 Å². The number of likely N-dealkylation sites (N-methyl/N-ethyl adjacent to an activating group) is 1. The lowest BCUT2D eigenvalue weighted by Gasteiger charge is -2.32. The van der Waals surface area contributed by atoms with Gasteiger partial charge in [-0.05, 0) is 19.4 Å². The fourth-order valence-electron chi connectivity index (χ4n) is 2.40. The first-order valence-electron chi connectivity index (χ1n) is 6.46. The summed E-state index contributed by atoms with van der Waals surface area (Å²) in [7, 11) is 2.02. The molecule has 1 amide bonds. The number of rotatable bonds is 4. The van der Waals surface area contributed by atoms with Gasteiger partial charge in [0.05, 0.1) is 0 Å². The van der Waals surface area contributed by atoms with Gasteiger partial charge in [0.2, 0.25) is 5.91 Å². The highest BCUT2D eigenvalue weighted by atomic mass is 16.2. The third-order valence-electron chi connectivity index (χ3n) is 3.89. The molecule has 1 atom stereocenters. The molecule has 2 N–H and O–H groups in total. The minimum atomic E-state index is 0.0233.